The van der Waals surface area contributed by atoms with Gasteiger partial charge in [-0.2, -0.15) is 0 Å². The van der Waals surface area contributed by atoms with Crippen LogP contribution >= 0.6 is 23.1 Å². The first-order valence-electron chi connectivity index (χ1n) is 10.7. The molecular weight excluding hydrogens is 412 g/mol. The summed E-state index contributed by atoms with van der Waals surface area (Å²) in [6.45, 7) is 6.73. The fourth-order valence-electron chi connectivity index (χ4n) is 4.34. The van der Waals surface area contributed by atoms with Crippen molar-refractivity contribution in [2.24, 2.45) is 5.92 Å². The zero-order chi connectivity index (χ0) is 20.8. The van der Waals surface area contributed by atoms with E-state index < -0.39 is 0 Å². The second-order valence-corrected chi connectivity index (χ2v) is 10.7. The number of rotatable bonds is 5. The zero-order valence-corrected chi connectivity index (χ0v) is 19.2. The van der Waals surface area contributed by atoms with Crippen LogP contribution in [0.2, 0.25) is 0 Å². The number of hydrogen-bond donors (Lipinski definition) is 0. The average molecular weight is 439 g/mol. The minimum Gasteiger partial charge on any atom is -0.268 e. The topological polar surface area (TPSA) is 52.2 Å². The van der Waals surface area contributed by atoms with Crippen LogP contribution in [0.25, 0.3) is 21.7 Å². The van der Waals surface area contributed by atoms with Gasteiger partial charge in [-0.1, -0.05) is 50.7 Å². The third kappa shape index (κ3) is 3.19. The Balaban J connectivity index is 1.83. The summed E-state index contributed by atoms with van der Waals surface area (Å²) in [5, 5.41) is 10.8. The first-order valence-corrected chi connectivity index (χ1v) is 12.5. The standard InChI is InChI=1S/C23H26N4OS2/c1-14(2)12-13-29-23-25-24-22-26(16-9-5-4-6-10-16)20(28)19-18-15(3)8-7-11-17(18)30-21(19)27(22)23/h4-6,9-10,14-15H,7-8,11-13H2,1-3H3. The lowest BCUT2D eigenvalue weighted by Crippen LogP contribution is -2.22. The number of aryl methyl sites for hydroxylation is 1. The predicted octanol–water partition coefficient (Wildman–Crippen LogP) is 5.67. The Morgan fingerprint density at radius 1 is 1.23 bits per heavy atom. The Labute approximate surface area is 184 Å². The molecule has 156 valence electrons. The van der Waals surface area contributed by atoms with Crippen molar-refractivity contribution in [2.75, 3.05) is 5.75 Å². The minimum absolute atomic E-state index is 0.0288. The summed E-state index contributed by atoms with van der Waals surface area (Å²) < 4.78 is 3.88. The lowest BCUT2D eigenvalue weighted by Gasteiger charge is -2.18. The smallest absolute Gasteiger partial charge is 0.268 e. The molecule has 0 saturated carbocycles. The molecule has 3 aromatic heterocycles. The summed E-state index contributed by atoms with van der Waals surface area (Å²) in [6.07, 6.45) is 4.51. The van der Waals surface area contributed by atoms with Crippen molar-refractivity contribution < 1.29 is 0 Å². The minimum atomic E-state index is 0.0288. The molecule has 5 rings (SSSR count). The number of benzene rings is 1. The van der Waals surface area contributed by atoms with Gasteiger partial charge in [-0.05, 0) is 55.2 Å². The molecule has 0 bridgehead atoms. The fourth-order valence-corrected chi connectivity index (χ4v) is 7.02. The summed E-state index contributed by atoms with van der Waals surface area (Å²) in [6, 6.07) is 9.83. The molecule has 5 nitrogen and oxygen atoms in total. The van der Waals surface area contributed by atoms with E-state index in [1.165, 1.54) is 16.9 Å². The van der Waals surface area contributed by atoms with Crippen molar-refractivity contribution >= 4 is 39.1 Å². The van der Waals surface area contributed by atoms with Crippen LogP contribution in [0.1, 0.15) is 56.4 Å². The van der Waals surface area contributed by atoms with Crippen molar-refractivity contribution in [3.63, 3.8) is 0 Å². The quantitative estimate of drug-likeness (QED) is 0.377. The van der Waals surface area contributed by atoms with Gasteiger partial charge in [-0.25, -0.2) is 8.97 Å². The molecule has 4 aromatic rings. The van der Waals surface area contributed by atoms with Gasteiger partial charge in [0.05, 0.1) is 11.1 Å². The van der Waals surface area contributed by atoms with E-state index in [4.69, 9.17) is 0 Å². The number of hydrogen-bond acceptors (Lipinski definition) is 5. The van der Waals surface area contributed by atoms with E-state index in [9.17, 15) is 4.79 Å². The molecule has 0 amide bonds. The van der Waals surface area contributed by atoms with Gasteiger partial charge in [0.25, 0.3) is 5.56 Å². The van der Waals surface area contributed by atoms with Gasteiger partial charge in [0.2, 0.25) is 5.78 Å². The van der Waals surface area contributed by atoms with Crippen molar-refractivity contribution in [1.82, 2.24) is 19.2 Å². The molecule has 0 N–H and O–H groups in total. The maximum atomic E-state index is 13.8. The van der Waals surface area contributed by atoms with Crippen LogP contribution in [0.5, 0.6) is 0 Å². The predicted molar refractivity (Wildman–Crippen MR) is 125 cm³/mol. The van der Waals surface area contributed by atoms with Crippen LogP contribution in [-0.4, -0.2) is 24.9 Å². The van der Waals surface area contributed by atoms with Crippen LogP contribution in [0.4, 0.5) is 0 Å². The highest BCUT2D eigenvalue weighted by atomic mass is 32.2. The summed E-state index contributed by atoms with van der Waals surface area (Å²) in [7, 11) is 0. The highest BCUT2D eigenvalue weighted by Crippen LogP contribution is 2.41. The van der Waals surface area contributed by atoms with Gasteiger partial charge in [-0.3, -0.25) is 4.79 Å². The van der Waals surface area contributed by atoms with Crippen molar-refractivity contribution in [2.45, 2.75) is 57.5 Å². The van der Waals surface area contributed by atoms with Crippen LogP contribution in [0.15, 0.2) is 40.3 Å². The largest absolute Gasteiger partial charge is 0.268 e. The van der Waals surface area contributed by atoms with E-state index in [1.54, 1.807) is 27.7 Å². The first-order chi connectivity index (χ1) is 14.6. The second kappa shape index (κ2) is 7.85. The van der Waals surface area contributed by atoms with Gasteiger partial charge < -0.3 is 0 Å². The molecule has 3 heterocycles. The number of nitrogens with zero attached hydrogens (tertiary/aromatic N) is 4. The highest BCUT2D eigenvalue weighted by molar-refractivity contribution is 7.99. The molecule has 0 radical (unpaired) electrons. The summed E-state index contributed by atoms with van der Waals surface area (Å²) in [5.41, 5.74) is 2.12. The Bertz CT molecular complexity index is 1270. The van der Waals surface area contributed by atoms with Crippen LogP contribution in [0.3, 0.4) is 0 Å². The fraction of sp³-hybridized carbons (Fsp3) is 0.435. The Morgan fingerprint density at radius 2 is 2.03 bits per heavy atom. The van der Waals surface area contributed by atoms with Crippen LogP contribution < -0.4 is 5.56 Å². The summed E-state index contributed by atoms with van der Waals surface area (Å²) in [5.74, 6) is 2.66. The normalized spacial score (nSPS) is 16.6. The first kappa shape index (κ1) is 19.8. The molecule has 1 aliphatic rings. The van der Waals surface area contributed by atoms with E-state index in [1.807, 2.05) is 30.3 Å². The van der Waals surface area contributed by atoms with Gasteiger partial charge in [0, 0.05) is 10.6 Å². The lowest BCUT2D eigenvalue weighted by atomic mass is 9.88. The molecule has 1 unspecified atom stereocenters. The van der Waals surface area contributed by atoms with Crippen molar-refractivity contribution in [3.05, 3.63) is 51.1 Å². The Hall–Kier alpha value is -2.12. The van der Waals surface area contributed by atoms with Gasteiger partial charge >= 0.3 is 0 Å². The highest BCUT2D eigenvalue weighted by Gasteiger charge is 2.28. The molecule has 0 aliphatic heterocycles. The number of aromatic nitrogens is 4. The van der Waals surface area contributed by atoms with Crippen LogP contribution in [-0.2, 0) is 6.42 Å². The number of para-hydroxylation sites is 1. The molecule has 0 spiro atoms. The summed E-state index contributed by atoms with van der Waals surface area (Å²) >= 11 is 3.50. The Kier molecular flexibility index (Phi) is 5.19. The third-order valence-corrected chi connectivity index (χ3v) is 8.13. The average Bonchev–Trinajstić information content (AvgIpc) is 3.31. The zero-order valence-electron chi connectivity index (χ0n) is 17.6. The van der Waals surface area contributed by atoms with E-state index in [0.29, 0.717) is 17.6 Å². The molecule has 30 heavy (non-hydrogen) atoms. The Morgan fingerprint density at radius 3 is 2.80 bits per heavy atom. The van der Waals surface area contributed by atoms with Gasteiger partial charge in [-0.15, -0.1) is 21.5 Å². The van der Waals surface area contributed by atoms with E-state index in [0.717, 1.165) is 46.1 Å². The summed E-state index contributed by atoms with van der Waals surface area (Å²) in [4.78, 5) is 16.2. The number of thiophene rings is 1. The van der Waals surface area contributed by atoms with Crippen LogP contribution in [0, 0.1) is 5.92 Å². The molecular formula is C23H26N4OS2. The SMILES string of the molecule is CC(C)CCSc1nnc2n(-c3ccccc3)c(=O)c3c4c(sc3n12)CCCC4C. The van der Waals surface area contributed by atoms with Crippen molar-refractivity contribution in [1.29, 1.82) is 0 Å². The molecule has 7 heteroatoms. The van der Waals surface area contributed by atoms with E-state index >= 15 is 0 Å². The van der Waals surface area contributed by atoms with E-state index in [-0.39, 0.29) is 5.56 Å². The van der Waals surface area contributed by atoms with Gasteiger partial charge in [0.1, 0.15) is 4.83 Å². The maximum absolute atomic E-state index is 13.8. The van der Waals surface area contributed by atoms with E-state index in [2.05, 4.69) is 35.4 Å². The number of fused-ring (bicyclic) bond motifs is 5. The molecule has 0 fully saturated rings. The monoisotopic (exact) mass is 438 g/mol. The molecule has 1 aromatic carbocycles. The molecule has 1 atom stereocenters. The lowest BCUT2D eigenvalue weighted by molar-refractivity contribution is 0.601. The number of thioether (sulfide) groups is 1. The molecule has 1 aliphatic carbocycles. The van der Waals surface area contributed by atoms with Crippen molar-refractivity contribution in [3.8, 4) is 5.69 Å². The second-order valence-electron chi connectivity index (χ2n) is 8.54. The van der Waals surface area contributed by atoms with Gasteiger partial charge in [0.15, 0.2) is 5.16 Å². The third-order valence-electron chi connectivity index (χ3n) is 5.91. The maximum Gasteiger partial charge on any atom is 0.268 e. The molecule has 0 saturated heterocycles.